The van der Waals surface area contributed by atoms with Gasteiger partial charge in [-0.3, -0.25) is 4.18 Å². The first-order valence-corrected chi connectivity index (χ1v) is 30.3. The van der Waals surface area contributed by atoms with Gasteiger partial charge in [-0.15, -0.1) is 6.58 Å². The Morgan fingerprint density at radius 1 is 0.493 bits per heavy atom. The Hall–Kier alpha value is 0.426. The van der Waals surface area contributed by atoms with Crippen molar-refractivity contribution in [3.8, 4) is 0 Å². The van der Waals surface area contributed by atoms with E-state index in [0.29, 0.717) is 25.0 Å². The number of halogens is 1. The molecule has 0 unspecified atom stereocenters. The maximum absolute atomic E-state index is 11.0. The van der Waals surface area contributed by atoms with Gasteiger partial charge in [-0.25, -0.2) is 19.6 Å². The molecule has 0 aromatic heterocycles. The molecule has 0 aromatic carbocycles. The summed E-state index contributed by atoms with van der Waals surface area (Å²) in [6, 6.07) is 0. The van der Waals surface area contributed by atoms with Crippen molar-refractivity contribution in [1.29, 1.82) is 0 Å². The molecule has 0 atom stereocenters. The Balaban J connectivity index is 0.000000891. The van der Waals surface area contributed by atoms with Crippen LogP contribution in [0, 0.1) is 77.9 Å². The number of rotatable bonds is 18. The molecule has 0 aromatic rings. The molecule has 0 aliphatic heterocycles. The molecule has 5 nitrogen and oxygen atoms in total. The number of ether oxygens (including phenoxy) is 1. The average molecular weight is 1040 g/mol. The zero-order valence-corrected chi connectivity index (χ0v) is 49.1. The molecule has 0 radical (unpaired) electrons. The summed E-state index contributed by atoms with van der Waals surface area (Å²) >= 11 is 0. The predicted octanol–water partition coefficient (Wildman–Crippen LogP) is 13.8. The molecule has 392 valence electrons. The first-order chi connectivity index (χ1) is 31.5. The van der Waals surface area contributed by atoms with Gasteiger partial charge < -0.3 is 26.8 Å². The van der Waals surface area contributed by atoms with Crippen LogP contribution < -0.4 is 17.0 Å². The van der Waals surface area contributed by atoms with Crippen LogP contribution in [0.3, 0.4) is 0 Å². The Morgan fingerprint density at radius 2 is 0.746 bits per heavy atom. The van der Waals surface area contributed by atoms with Crippen molar-refractivity contribution in [2.75, 3.05) is 32.7 Å². The van der Waals surface area contributed by atoms with E-state index in [-0.39, 0.29) is 40.0 Å². The number of aliphatic hydroxyl groups is 1. The van der Waals surface area contributed by atoms with Crippen LogP contribution in [0.25, 0.3) is 0 Å². The number of hydrogen-bond donors (Lipinski definition) is 1. The maximum Gasteiger partial charge on any atom is 2.00 e. The summed E-state index contributed by atoms with van der Waals surface area (Å²) in [6.07, 6.45) is 50.1. The number of hydrogen-bond acceptors (Lipinski definition) is 5. The van der Waals surface area contributed by atoms with Crippen molar-refractivity contribution in [3.05, 3.63) is 32.2 Å². The van der Waals surface area contributed by atoms with E-state index >= 15 is 0 Å². The van der Waals surface area contributed by atoms with E-state index in [1.165, 1.54) is 186 Å². The molecule has 0 heterocycles. The van der Waals surface area contributed by atoms with Gasteiger partial charge in [-0.05, 0) is 200 Å². The molecule has 6 saturated carbocycles. The fourth-order valence-corrected chi connectivity index (χ4v) is 13.9. The van der Waals surface area contributed by atoms with E-state index in [1.807, 2.05) is 13.8 Å². The molecule has 0 spiro atoms. The van der Waals surface area contributed by atoms with Crippen molar-refractivity contribution in [1.82, 2.24) is 0 Å². The van der Waals surface area contributed by atoms with Crippen LogP contribution in [0.5, 0.6) is 0 Å². The molecular formula is C59H111BrMgO5S. The van der Waals surface area contributed by atoms with Gasteiger partial charge in [0, 0.05) is 19.8 Å². The van der Waals surface area contributed by atoms with Crippen LogP contribution in [0.1, 0.15) is 240 Å². The summed E-state index contributed by atoms with van der Waals surface area (Å²) in [6.45, 7) is 23.8. The SMILES string of the molecule is C=CCCC1CCC(C2CCC(CCC)CC2)CC1.C=C[CH2-].CCCC1CCC(C2CCC(CO)CC2)CC1.CCCC1CCC(C2CCC(COS(C)(=O)=O)CC2)CC1.CCOCC.[Br-].[Mg+2]. The standard InChI is InChI=1S/C19H34.C17H32O3S.C16H30O.C4H10O.C3H5.BrH.Mg/c1-3-5-7-17-10-14-19(15-11-17)18-12-8-16(6-4-2)9-13-18;1-3-4-14-5-9-16(10-6-14)17-11-7-15(8-12-17)13-20-21(2,18)19;1-2-3-13-4-8-15(9-5-13)16-10-6-14(12-17)7-11-16;1-3-5-4-2;1-3-2;;/h3,16-19H,1,4-15H2,2H3;14-17H,3-13H2,1-2H3;13-17H,2-12H2,1H3;3-4H2,1-2H3;3H,1-2H2;1H;/q;;;;-1;;+2/p-1. The topological polar surface area (TPSA) is 72.8 Å². The van der Waals surface area contributed by atoms with Crippen LogP contribution in [-0.4, -0.2) is 69.3 Å². The van der Waals surface area contributed by atoms with Crippen LogP contribution in [0.2, 0.25) is 0 Å². The van der Waals surface area contributed by atoms with Crippen LogP contribution in [0.15, 0.2) is 25.3 Å². The zero-order valence-electron chi connectivity index (χ0n) is 45.2. The zero-order chi connectivity index (χ0) is 47.7. The van der Waals surface area contributed by atoms with E-state index in [4.69, 9.17) is 8.92 Å². The largest absolute Gasteiger partial charge is 2.00 e. The Kier molecular flexibility index (Phi) is 42.1. The predicted molar refractivity (Wildman–Crippen MR) is 288 cm³/mol. The summed E-state index contributed by atoms with van der Waals surface area (Å²) in [7, 11) is -3.27. The molecule has 6 rings (SSSR count). The van der Waals surface area contributed by atoms with Gasteiger partial charge >= 0.3 is 23.1 Å². The van der Waals surface area contributed by atoms with Gasteiger partial charge in [-0.2, -0.15) is 8.42 Å². The second kappa shape index (κ2) is 41.9. The van der Waals surface area contributed by atoms with Crippen LogP contribution in [-0.2, 0) is 19.0 Å². The molecule has 0 amide bonds. The van der Waals surface area contributed by atoms with Gasteiger partial charge in [0.1, 0.15) is 0 Å². The van der Waals surface area contributed by atoms with Gasteiger partial charge in [0.2, 0.25) is 0 Å². The fraction of sp³-hybridized carbons (Fsp3) is 0.915. The van der Waals surface area contributed by atoms with Crippen LogP contribution in [0.4, 0.5) is 0 Å². The molecule has 8 heteroatoms. The van der Waals surface area contributed by atoms with E-state index < -0.39 is 10.1 Å². The van der Waals surface area contributed by atoms with E-state index in [2.05, 4.69) is 46.9 Å². The second-order valence-electron chi connectivity index (χ2n) is 22.2. The fourth-order valence-electron chi connectivity index (χ4n) is 13.5. The van der Waals surface area contributed by atoms with Crippen molar-refractivity contribution in [3.63, 3.8) is 0 Å². The third-order valence-electron chi connectivity index (χ3n) is 17.4. The van der Waals surface area contributed by atoms with E-state index in [1.54, 1.807) is 12.8 Å². The van der Waals surface area contributed by atoms with Crippen molar-refractivity contribution in [2.45, 2.75) is 240 Å². The van der Waals surface area contributed by atoms with Crippen molar-refractivity contribution >= 4 is 33.2 Å². The first kappa shape index (κ1) is 67.4. The molecular weight excluding hydrogens is 925 g/mol. The quantitative estimate of drug-likeness (QED) is 0.0641. The second-order valence-corrected chi connectivity index (χ2v) is 23.8. The summed E-state index contributed by atoms with van der Waals surface area (Å²) in [4.78, 5) is 0. The Labute approximate surface area is 445 Å². The number of aliphatic hydroxyl groups excluding tert-OH is 1. The minimum absolute atomic E-state index is 0. The van der Waals surface area contributed by atoms with Crippen molar-refractivity contribution in [2.24, 2.45) is 71.0 Å². The smallest absolute Gasteiger partial charge is 1.00 e. The average Bonchev–Trinajstić information content (AvgIpc) is 3.33. The van der Waals surface area contributed by atoms with Gasteiger partial charge in [0.25, 0.3) is 10.1 Å². The summed E-state index contributed by atoms with van der Waals surface area (Å²) < 4.78 is 31.9. The Bertz CT molecular complexity index is 1220. The molecule has 67 heavy (non-hydrogen) atoms. The first-order valence-electron chi connectivity index (χ1n) is 28.5. The van der Waals surface area contributed by atoms with Gasteiger partial charge in [0.15, 0.2) is 0 Å². The molecule has 6 aliphatic carbocycles. The molecule has 1 N–H and O–H groups in total. The molecule has 0 bridgehead atoms. The normalized spacial score (nSPS) is 31.9. The minimum atomic E-state index is -3.27. The Morgan fingerprint density at radius 3 is 0.955 bits per heavy atom. The van der Waals surface area contributed by atoms with Crippen molar-refractivity contribution < 1.29 is 39.4 Å². The minimum Gasteiger partial charge on any atom is -1.00 e. The van der Waals surface area contributed by atoms with Gasteiger partial charge in [0.05, 0.1) is 12.9 Å². The van der Waals surface area contributed by atoms with Crippen LogP contribution >= 0.6 is 0 Å². The summed E-state index contributed by atoms with van der Waals surface area (Å²) in [5.41, 5.74) is 0. The summed E-state index contributed by atoms with van der Waals surface area (Å²) in [5, 5.41) is 9.18. The number of allylic oxidation sites excluding steroid dienone is 2. The monoisotopic (exact) mass is 1030 g/mol. The third kappa shape index (κ3) is 30.3. The third-order valence-corrected chi connectivity index (χ3v) is 18.0. The van der Waals surface area contributed by atoms with E-state index in [0.717, 1.165) is 91.5 Å². The molecule has 6 fully saturated rings. The molecule has 0 saturated heterocycles. The van der Waals surface area contributed by atoms with Gasteiger partial charge in [-0.1, -0.05) is 117 Å². The summed E-state index contributed by atoms with van der Waals surface area (Å²) in [5.74, 6) is 11.2. The van der Waals surface area contributed by atoms with E-state index in [9.17, 15) is 13.5 Å². The molecule has 6 aliphatic rings. The maximum atomic E-state index is 11.0.